The Morgan fingerprint density at radius 1 is 1.04 bits per heavy atom. The molecule has 0 amide bonds. The van der Waals surface area contributed by atoms with Crippen LogP contribution in [0.2, 0.25) is 0 Å². The fourth-order valence-electron chi connectivity index (χ4n) is 2.71. The lowest BCUT2D eigenvalue weighted by Gasteiger charge is -2.25. The van der Waals surface area contributed by atoms with Crippen molar-refractivity contribution in [2.75, 3.05) is 0 Å². The normalized spacial score (nSPS) is 13.9. The first kappa shape index (κ1) is 22.3. The van der Waals surface area contributed by atoms with Crippen LogP contribution in [0.3, 0.4) is 0 Å². The predicted octanol–water partition coefficient (Wildman–Crippen LogP) is 7.82. The van der Waals surface area contributed by atoms with Gasteiger partial charge in [0.05, 0.1) is 6.26 Å². The first-order chi connectivity index (χ1) is 10.9. The van der Waals surface area contributed by atoms with Crippen molar-refractivity contribution in [2.24, 2.45) is 5.92 Å². The SMILES string of the molecule is C=CC(C)CCCC(C)(C)O/C=C(\C)CCCCCCCCC. The minimum atomic E-state index is -0.0533. The summed E-state index contributed by atoms with van der Waals surface area (Å²) in [6, 6.07) is 0. The molecule has 0 N–H and O–H groups in total. The molecular weight excluding hydrogens is 280 g/mol. The van der Waals surface area contributed by atoms with Crippen LogP contribution in [0.15, 0.2) is 24.5 Å². The zero-order chi connectivity index (χ0) is 17.6. The standard InChI is InChI=1S/C22H42O/c1-7-9-10-11-12-13-14-16-21(4)19-23-22(5,6)18-15-17-20(3)8-2/h8,19-20H,2,7,9-18H2,1,3-6H3/b21-19+. The molecule has 0 rings (SSSR count). The lowest BCUT2D eigenvalue weighted by molar-refractivity contribution is 0.0447. The van der Waals surface area contributed by atoms with Crippen LogP contribution in [0.5, 0.6) is 0 Å². The topological polar surface area (TPSA) is 9.23 Å². The lowest BCUT2D eigenvalue weighted by Crippen LogP contribution is -2.22. The molecule has 0 aromatic carbocycles. The Balaban J connectivity index is 3.78. The number of rotatable bonds is 15. The van der Waals surface area contributed by atoms with E-state index in [1.54, 1.807) is 0 Å². The van der Waals surface area contributed by atoms with Gasteiger partial charge in [0.15, 0.2) is 0 Å². The largest absolute Gasteiger partial charge is 0.496 e. The van der Waals surface area contributed by atoms with Gasteiger partial charge in [0.1, 0.15) is 5.60 Å². The molecule has 136 valence electrons. The Bertz CT molecular complexity index is 314. The van der Waals surface area contributed by atoms with Crippen LogP contribution in [0.25, 0.3) is 0 Å². The van der Waals surface area contributed by atoms with E-state index in [4.69, 9.17) is 4.74 Å². The van der Waals surface area contributed by atoms with E-state index in [1.165, 1.54) is 69.8 Å². The van der Waals surface area contributed by atoms with Gasteiger partial charge in [-0.1, -0.05) is 58.4 Å². The summed E-state index contributed by atoms with van der Waals surface area (Å²) in [7, 11) is 0. The minimum absolute atomic E-state index is 0.0533. The molecule has 1 nitrogen and oxygen atoms in total. The van der Waals surface area contributed by atoms with Crippen molar-refractivity contribution >= 4 is 0 Å². The van der Waals surface area contributed by atoms with Crippen molar-refractivity contribution < 1.29 is 4.74 Å². The van der Waals surface area contributed by atoms with Crippen LogP contribution >= 0.6 is 0 Å². The van der Waals surface area contributed by atoms with Crippen LogP contribution in [0.4, 0.5) is 0 Å². The average Bonchev–Trinajstić information content (AvgIpc) is 2.51. The quantitative estimate of drug-likeness (QED) is 0.170. The third-order valence-electron chi connectivity index (χ3n) is 4.59. The Hall–Kier alpha value is -0.720. The van der Waals surface area contributed by atoms with Gasteiger partial charge in [-0.2, -0.15) is 0 Å². The van der Waals surface area contributed by atoms with Crippen molar-refractivity contribution in [1.82, 2.24) is 0 Å². The van der Waals surface area contributed by atoms with E-state index in [-0.39, 0.29) is 5.60 Å². The highest BCUT2D eigenvalue weighted by Crippen LogP contribution is 2.22. The molecule has 0 aromatic heterocycles. The molecule has 0 aliphatic heterocycles. The molecule has 0 saturated carbocycles. The third-order valence-corrected chi connectivity index (χ3v) is 4.59. The Morgan fingerprint density at radius 3 is 2.26 bits per heavy atom. The van der Waals surface area contributed by atoms with E-state index in [9.17, 15) is 0 Å². The maximum absolute atomic E-state index is 6.03. The number of hydrogen-bond donors (Lipinski definition) is 0. The summed E-state index contributed by atoms with van der Waals surface area (Å²) < 4.78 is 6.03. The molecule has 0 fully saturated rings. The maximum atomic E-state index is 6.03. The smallest absolute Gasteiger partial charge is 0.103 e. The fourth-order valence-corrected chi connectivity index (χ4v) is 2.71. The molecular formula is C22H42O. The first-order valence-corrected chi connectivity index (χ1v) is 9.87. The van der Waals surface area contributed by atoms with Crippen LogP contribution in [0.1, 0.15) is 105 Å². The molecule has 0 radical (unpaired) electrons. The first-order valence-electron chi connectivity index (χ1n) is 9.87. The second-order valence-corrected chi connectivity index (χ2v) is 7.82. The van der Waals surface area contributed by atoms with Gasteiger partial charge in [-0.25, -0.2) is 0 Å². The molecule has 0 aliphatic carbocycles. The summed E-state index contributed by atoms with van der Waals surface area (Å²) >= 11 is 0. The van der Waals surface area contributed by atoms with Gasteiger partial charge in [-0.3, -0.25) is 0 Å². The summed E-state index contributed by atoms with van der Waals surface area (Å²) in [5.74, 6) is 0.611. The van der Waals surface area contributed by atoms with Crippen molar-refractivity contribution in [3.63, 3.8) is 0 Å². The monoisotopic (exact) mass is 322 g/mol. The van der Waals surface area contributed by atoms with Gasteiger partial charge in [-0.15, -0.1) is 6.58 Å². The summed E-state index contributed by atoms with van der Waals surface area (Å²) in [6.45, 7) is 14.9. The Morgan fingerprint density at radius 2 is 1.65 bits per heavy atom. The van der Waals surface area contributed by atoms with Crippen molar-refractivity contribution in [1.29, 1.82) is 0 Å². The van der Waals surface area contributed by atoms with Crippen LogP contribution in [-0.4, -0.2) is 5.60 Å². The maximum Gasteiger partial charge on any atom is 0.103 e. The lowest BCUT2D eigenvalue weighted by atomic mass is 9.97. The van der Waals surface area contributed by atoms with Gasteiger partial charge >= 0.3 is 0 Å². The second kappa shape index (κ2) is 13.7. The fraction of sp³-hybridized carbons (Fsp3) is 0.818. The highest BCUT2D eigenvalue weighted by atomic mass is 16.5. The summed E-state index contributed by atoms with van der Waals surface area (Å²) in [6.07, 6.45) is 18.3. The minimum Gasteiger partial charge on any atom is -0.496 e. The average molecular weight is 323 g/mol. The van der Waals surface area contributed by atoms with Gasteiger partial charge < -0.3 is 4.74 Å². The molecule has 0 heterocycles. The molecule has 23 heavy (non-hydrogen) atoms. The number of allylic oxidation sites excluding steroid dienone is 2. The molecule has 0 aromatic rings. The zero-order valence-electron chi connectivity index (χ0n) is 16.6. The Kier molecular flexibility index (Phi) is 13.3. The number of ether oxygens (including phenoxy) is 1. The highest BCUT2D eigenvalue weighted by Gasteiger charge is 2.17. The van der Waals surface area contributed by atoms with E-state index in [1.807, 2.05) is 12.3 Å². The third kappa shape index (κ3) is 14.6. The van der Waals surface area contributed by atoms with E-state index >= 15 is 0 Å². The van der Waals surface area contributed by atoms with Crippen LogP contribution < -0.4 is 0 Å². The summed E-state index contributed by atoms with van der Waals surface area (Å²) in [5, 5.41) is 0. The molecule has 1 atom stereocenters. The molecule has 0 saturated heterocycles. The number of unbranched alkanes of at least 4 members (excludes halogenated alkanes) is 6. The van der Waals surface area contributed by atoms with Crippen molar-refractivity contribution in [3.05, 3.63) is 24.5 Å². The summed E-state index contributed by atoms with van der Waals surface area (Å²) in [5.41, 5.74) is 1.33. The van der Waals surface area contributed by atoms with Gasteiger partial charge in [0.25, 0.3) is 0 Å². The van der Waals surface area contributed by atoms with Gasteiger partial charge in [-0.05, 0) is 64.4 Å². The molecule has 1 heteroatoms. The molecule has 1 unspecified atom stereocenters. The summed E-state index contributed by atoms with van der Waals surface area (Å²) in [4.78, 5) is 0. The van der Waals surface area contributed by atoms with Crippen molar-refractivity contribution in [3.8, 4) is 0 Å². The molecule has 0 bridgehead atoms. The highest BCUT2D eigenvalue weighted by molar-refractivity contribution is 4.94. The van der Waals surface area contributed by atoms with Crippen LogP contribution in [0, 0.1) is 5.92 Å². The second-order valence-electron chi connectivity index (χ2n) is 7.82. The van der Waals surface area contributed by atoms with E-state index in [0.29, 0.717) is 5.92 Å². The molecule has 0 aliphatic rings. The van der Waals surface area contributed by atoms with E-state index in [0.717, 1.165) is 6.42 Å². The van der Waals surface area contributed by atoms with Crippen LogP contribution in [-0.2, 0) is 4.74 Å². The van der Waals surface area contributed by atoms with E-state index in [2.05, 4.69) is 41.2 Å². The number of hydrogen-bond acceptors (Lipinski definition) is 1. The predicted molar refractivity (Wildman–Crippen MR) is 105 cm³/mol. The van der Waals surface area contributed by atoms with E-state index < -0.39 is 0 Å². The van der Waals surface area contributed by atoms with Crippen molar-refractivity contribution in [2.45, 2.75) is 111 Å². The van der Waals surface area contributed by atoms with Gasteiger partial charge in [0, 0.05) is 0 Å². The molecule has 0 spiro atoms. The zero-order valence-corrected chi connectivity index (χ0v) is 16.6. The Labute approximate surface area is 146 Å². The van der Waals surface area contributed by atoms with Gasteiger partial charge in [0.2, 0.25) is 0 Å².